The van der Waals surface area contributed by atoms with Crippen molar-refractivity contribution in [3.63, 3.8) is 0 Å². The van der Waals surface area contributed by atoms with Crippen molar-refractivity contribution in [2.24, 2.45) is 5.41 Å². The second-order valence-electron chi connectivity index (χ2n) is 6.78. The maximum atomic E-state index is 12.7. The molecule has 0 spiro atoms. The number of carbonyl (C=O) groups excluding carboxylic acids is 2. The highest BCUT2D eigenvalue weighted by atomic mass is 16.2. The Balaban J connectivity index is 1.64. The Morgan fingerprint density at radius 3 is 2.76 bits per heavy atom. The lowest BCUT2D eigenvalue weighted by molar-refractivity contribution is -0.132. The van der Waals surface area contributed by atoms with Gasteiger partial charge >= 0.3 is 0 Å². The smallest absolute Gasteiger partial charge is 0.253 e. The number of rotatable bonds is 4. The molecule has 3 rings (SSSR count). The molecule has 2 heterocycles. The number of carbonyl (C=O) groups is 2. The van der Waals surface area contributed by atoms with Crippen molar-refractivity contribution in [2.75, 3.05) is 13.1 Å². The quantitative estimate of drug-likeness (QED) is 0.885. The summed E-state index contributed by atoms with van der Waals surface area (Å²) in [5.41, 5.74) is 0.0528. The first-order valence-corrected chi connectivity index (χ1v) is 8.48. The number of aromatic nitrogens is 3. The zero-order chi connectivity index (χ0) is 17.9. The van der Waals surface area contributed by atoms with Crippen LogP contribution >= 0.6 is 0 Å². The summed E-state index contributed by atoms with van der Waals surface area (Å²) in [5.74, 6) is 1.18. The number of nitrogens with zero attached hydrogens (tertiary/aromatic N) is 3. The zero-order valence-electron chi connectivity index (χ0n) is 14.6. The average Bonchev–Trinajstić information content (AvgIpc) is 3.05. The van der Waals surface area contributed by atoms with Gasteiger partial charge in [-0.25, -0.2) is 4.98 Å². The fourth-order valence-corrected chi connectivity index (χ4v) is 3.20. The van der Waals surface area contributed by atoms with E-state index >= 15 is 0 Å². The van der Waals surface area contributed by atoms with Crippen molar-refractivity contribution in [3.05, 3.63) is 47.5 Å². The predicted molar refractivity (Wildman–Crippen MR) is 92.7 cm³/mol. The van der Waals surface area contributed by atoms with Crippen molar-refractivity contribution >= 4 is 11.8 Å². The largest absolute Gasteiger partial charge is 0.348 e. The second kappa shape index (κ2) is 7.04. The van der Waals surface area contributed by atoms with Crippen LogP contribution in [0, 0.1) is 12.3 Å². The molecular weight excluding hydrogens is 318 g/mol. The van der Waals surface area contributed by atoms with E-state index in [1.165, 1.54) is 0 Å². The van der Waals surface area contributed by atoms with Gasteiger partial charge < -0.3 is 10.2 Å². The number of amides is 2. The Morgan fingerprint density at radius 2 is 2.08 bits per heavy atom. The van der Waals surface area contributed by atoms with Crippen LogP contribution in [-0.2, 0) is 11.3 Å². The molecule has 7 heteroatoms. The first-order chi connectivity index (χ1) is 12.0. The maximum absolute atomic E-state index is 12.7. The molecule has 1 aromatic carbocycles. The van der Waals surface area contributed by atoms with E-state index in [9.17, 15) is 9.59 Å². The lowest BCUT2D eigenvalue weighted by atomic mass is 9.80. The van der Waals surface area contributed by atoms with E-state index in [2.05, 4.69) is 20.5 Å². The number of aromatic amines is 1. The minimum Gasteiger partial charge on any atom is -0.348 e. The fraction of sp³-hybridized carbons (Fsp3) is 0.444. The van der Waals surface area contributed by atoms with E-state index < -0.39 is 5.41 Å². The Bertz CT molecular complexity index is 758. The van der Waals surface area contributed by atoms with Crippen molar-refractivity contribution < 1.29 is 9.59 Å². The Hall–Kier alpha value is -2.70. The number of nitrogens with one attached hydrogen (secondary N) is 2. The molecule has 2 aromatic rings. The van der Waals surface area contributed by atoms with Crippen molar-refractivity contribution in [3.8, 4) is 0 Å². The topological polar surface area (TPSA) is 91.0 Å². The van der Waals surface area contributed by atoms with Crippen LogP contribution in [0.25, 0.3) is 0 Å². The van der Waals surface area contributed by atoms with Crippen LogP contribution in [-0.4, -0.2) is 45.0 Å². The third kappa shape index (κ3) is 3.87. The molecule has 1 aromatic heterocycles. The third-order valence-electron chi connectivity index (χ3n) is 4.60. The Kier molecular flexibility index (Phi) is 4.83. The van der Waals surface area contributed by atoms with Crippen LogP contribution in [0.4, 0.5) is 0 Å². The predicted octanol–water partition coefficient (Wildman–Crippen LogP) is 1.67. The number of aryl methyl sites for hydroxylation is 1. The molecule has 7 nitrogen and oxygen atoms in total. The lowest BCUT2D eigenvalue weighted by Crippen LogP contribution is -2.51. The van der Waals surface area contributed by atoms with Crippen LogP contribution in [0.1, 0.15) is 41.8 Å². The summed E-state index contributed by atoms with van der Waals surface area (Å²) in [6.45, 7) is 5.10. The fourth-order valence-electron chi connectivity index (χ4n) is 3.20. The van der Waals surface area contributed by atoms with Gasteiger partial charge in [0.15, 0.2) is 5.82 Å². The molecule has 1 fully saturated rings. The van der Waals surface area contributed by atoms with Gasteiger partial charge in [-0.15, -0.1) is 0 Å². The highest BCUT2D eigenvalue weighted by Crippen LogP contribution is 2.30. The number of likely N-dealkylation sites (tertiary alicyclic amines) is 1. The normalized spacial score (nSPS) is 20.3. The Morgan fingerprint density at radius 1 is 1.32 bits per heavy atom. The number of benzene rings is 1. The average molecular weight is 341 g/mol. The van der Waals surface area contributed by atoms with Crippen LogP contribution in [0.15, 0.2) is 30.3 Å². The standard InChI is InChI=1S/C18H23N5O2/c1-13-20-15(22-21-13)11-19-17(25)18(2)9-6-10-23(12-18)16(24)14-7-4-3-5-8-14/h3-5,7-8H,6,9-12H2,1-2H3,(H,19,25)(H,20,21,22)/t18-/m0/s1. The van der Waals surface area contributed by atoms with Crippen LogP contribution in [0.3, 0.4) is 0 Å². The first-order valence-electron chi connectivity index (χ1n) is 8.48. The maximum Gasteiger partial charge on any atom is 0.253 e. The number of piperidine rings is 1. The van der Waals surface area contributed by atoms with E-state index in [1.54, 1.807) is 17.0 Å². The minimum atomic E-state index is -0.603. The van der Waals surface area contributed by atoms with Gasteiger partial charge in [-0.05, 0) is 38.8 Å². The van der Waals surface area contributed by atoms with Gasteiger partial charge in [-0.1, -0.05) is 18.2 Å². The van der Waals surface area contributed by atoms with Crippen molar-refractivity contribution in [2.45, 2.75) is 33.2 Å². The molecule has 1 atom stereocenters. The summed E-state index contributed by atoms with van der Waals surface area (Å²) in [6, 6.07) is 9.19. The highest BCUT2D eigenvalue weighted by molar-refractivity contribution is 5.95. The molecule has 132 valence electrons. The van der Waals surface area contributed by atoms with Crippen molar-refractivity contribution in [1.82, 2.24) is 25.4 Å². The summed E-state index contributed by atoms with van der Waals surface area (Å²) < 4.78 is 0. The van der Waals surface area contributed by atoms with Gasteiger partial charge in [0.05, 0.1) is 12.0 Å². The van der Waals surface area contributed by atoms with Crippen LogP contribution < -0.4 is 5.32 Å². The molecule has 1 saturated heterocycles. The Labute approximate surface area is 146 Å². The van der Waals surface area contributed by atoms with Gasteiger partial charge in [0.1, 0.15) is 5.82 Å². The number of H-pyrrole nitrogens is 1. The summed E-state index contributed by atoms with van der Waals surface area (Å²) in [6.07, 6.45) is 1.56. The van der Waals surface area contributed by atoms with E-state index in [1.807, 2.05) is 32.0 Å². The minimum absolute atomic E-state index is 0.0242. The first kappa shape index (κ1) is 17.1. The van der Waals surface area contributed by atoms with Crippen LogP contribution in [0.5, 0.6) is 0 Å². The molecule has 1 aliphatic rings. The highest BCUT2D eigenvalue weighted by Gasteiger charge is 2.39. The third-order valence-corrected chi connectivity index (χ3v) is 4.60. The molecule has 2 amide bonds. The van der Waals surface area contributed by atoms with Gasteiger partial charge in [-0.2, -0.15) is 5.10 Å². The molecule has 0 saturated carbocycles. The molecule has 0 bridgehead atoms. The number of hydrogen-bond donors (Lipinski definition) is 2. The van der Waals surface area contributed by atoms with Crippen molar-refractivity contribution in [1.29, 1.82) is 0 Å². The summed E-state index contributed by atoms with van der Waals surface area (Å²) in [5, 5.41) is 9.68. The van der Waals surface area contributed by atoms with Gasteiger partial charge in [0, 0.05) is 18.7 Å². The van der Waals surface area contributed by atoms with E-state index in [0.717, 1.165) is 12.8 Å². The summed E-state index contributed by atoms with van der Waals surface area (Å²) in [4.78, 5) is 31.3. The van der Waals surface area contributed by atoms with E-state index in [4.69, 9.17) is 0 Å². The number of hydrogen-bond acceptors (Lipinski definition) is 4. The van der Waals surface area contributed by atoms with E-state index in [0.29, 0.717) is 30.3 Å². The molecule has 1 aliphatic heterocycles. The molecule has 0 unspecified atom stereocenters. The molecule has 0 radical (unpaired) electrons. The summed E-state index contributed by atoms with van der Waals surface area (Å²) >= 11 is 0. The lowest BCUT2D eigenvalue weighted by Gasteiger charge is -2.39. The summed E-state index contributed by atoms with van der Waals surface area (Å²) in [7, 11) is 0. The molecule has 2 N–H and O–H groups in total. The van der Waals surface area contributed by atoms with E-state index in [-0.39, 0.29) is 18.4 Å². The zero-order valence-corrected chi connectivity index (χ0v) is 14.6. The van der Waals surface area contributed by atoms with Gasteiger partial charge in [-0.3, -0.25) is 14.7 Å². The van der Waals surface area contributed by atoms with Gasteiger partial charge in [0.2, 0.25) is 5.91 Å². The van der Waals surface area contributed by atoms with Crippen LogP contribution in [0.2, 0.25) is 0 Å². The second-order valence-corrected chi connectivity index (χ2v) is 6.78. The van der Waals surface area contributed by atoms with Gasteiger partial charge in [0.25, 0.3) is 5.91 Å². The molecule has 0 aliphatic carbocycles. The molecule has 25 heavy (non-hydrogen) atoms. The SMILES string of the molecule is Cc1nc(CNC(=O)[C@@]2(C)CCCN(C(=O)c3ccccc3)C2)n[nH]1. The monoisotopic (exact) mass is 341 g/mol. The molecular formula is C18H23N5O2.